The van der Waals surface area contributed by atoms with Gasteiger partial charge in [-0.05, 0) is 55.6 Å². The fraction of sp³-hybridized carbons (Fsp3) is 0. The molecule has 0 atom stereocenters. The molecule has 0 fully saturated rings. The van der Waals surface area contributed by atoms with Crippen molar-refractivity contribution in [2.75, 3.05) is 0 Å². The van der Waals surface area contributed by atoms with E-state index < -0.39 is 0 Å². The predicted molar refractivity (Wildman–Crippen MR) is 256 cm³/mol. The molecule has 12 aromatic rings. The van der Waals surface area contributed by atoms with Crippen molar-refractivity contribution in [3.8, 4) is 67.0 Å². The molecule has 0 aliphatic rings. The van der Waals surface area contributed by atoms with Gasteiger partial charge in [0.2, 0.25) is 0 Å². The van der Waals surface area contributed by atoms with Gasteiger partial charge in [-0.25, -0.2) is 19.9 Å². The van der Waals surface area contributed by atoms with Gasteiger partial charge < -0.3 is 0 Å². The predicted octanol–water partition coefficient (Wildman–Crippen LogP) is 15.1. The van der Waals surface area contributed by atoms with Crippen molar-refractivity contribution in [2.24, 2.45) is 0 Å². The van der Waals surface area contributed by atoms with Crippen molar-refractivity contribution >= 4 is 64.6 Å². The van der Waals surface area contributed by atoms with Gasteiger partial charge in [-0.2, -0.15) is 0 Å². The lowest BCUT2D eigenvalue weighted by molar-refractivity contribution is 1.07. The van der Waals surface area contributed by atoms with E-state index in [4.69, 9.17) is 19.9 Å². The quantitative estimate of drug-likeness (QED) is 0.157. The van der Waals surface area contributed by atoms with Gasteiger partial charge in [0.1, 0.15) is 0 Å². The van der Waals surface area contributed by atoms with Crippen LogP contribution >= 0.6 is 11.3 Å². The summed E-state index contributed by atoms with van der Waals surface area (Å²) in [4.78, 5) is 21.5. The highest BCUT2D eigenvalue weighted by Crippen LogP contribution is 2.51. The Balaban J connectivity index is 1.10. The van der Waals surface area contributed by atoms with Crippen LogP contribution in [0.3, 0.4) is 0 Å². The van der Waals surface area contributed by atoms with Crippen LogP contribution in [0.25, 0.3) is 120 Å². The minimum Gasteiger partial charge on any atom is -0.246 e. The molecule has 0 radical (unpaired) electrons. The molecule has 3 heterocycles. The van der Waals surface area contributed by atoms with Gasteiger partial charge in [-0.15, -0.1) is 11.3 Å². The number of aromatic nitrogens is 4. The van der Waals surface area contributed by atoms with Crippen LogP contribution in [0.1, 0.15) is 0 Å². The summed E-state index contributed by atoms with van der Waals surface area (Å²) < 4.78 is 1.17. The first-order chi connectivity index (χ1) is 30.2. The average molecular weight is 795 g/mol. The zero-order valence-corrected chi connectivity index (χ0v) is 33.6. The van der Waals surface area contributed by atoms with E-state index in [9.17, 15) is 0 Å². The maximum atomic E-state index is 5.35. The van der Waals surface area contributed by atoms with Crippen molar-refractivity contribution in [3.63, 3.8) is 0 Å². The van der Waals surface area contributed by atoms with Gasteiger partial charge in [0.05, 0.1) is 15.9 Å². The van der Waals surface area contributed by atoms with E-state index in [0.717, 1.165) is 44.4 Å². The Labute approximate surface area is 356 Å². The van der Waals surface area contributed by atoms with Gasteiger partial charge in [0.25, 0.3) is 0 Å². The molecule has 0 saturated carbocycles. The Morgan fingerprint density at radius 1 is 0.295 bits per heavy atom. The lowest BCUT2D eigenvalue weighted by Gasteiger charge is -2.14. The van der Waals surface area contributed by atoms with E-state index in [1.807, 2.05) is 72.0 Å². The molecular formula is C56H34N4S. The molecule has 61 heavy (non-hydrogen) atoms. The number of para-hydroxylation sites is 1. The summed E-state index contributed by atoms with van der Waals surface area (Å²) in [5.41, 5.74) is 9.38. The second kappa shape index (κ2) is 14.5. The number of rotatable bonds is 6. The van der Waals surface area contributed by atoms with E-state index in [-0.39, 0.29) is 0 Å². The van der Waals surface area contributed by atoms with Crippen LogP contribution in [0.5, 0.6) is 0 Å². The zero-order chi connectivity index (χ0) is 40.3. The van der Waals surface area contributed by atoms with Crippen LogP contribution in [0.2, 0.25) is 0 Å². The molecule has 0 N–H and O–H groups in total. The number of fused-ring (bicyclic) bond motifs is 9. The topological polar surface area (TPSA) is 51.6 Å². The Hall–Kier alpha value is -7.86. The van der Waals surface area contributed by atoms with Crippen LogP contribution in [0.15, 0.2) is 206 Å². The van der Waals surface area contributed by atoms with Gasteiger partial charge in [-0.3, -0.25) is 0 Å². The van der Waals surface area contributed by atoms with Crippen LogP contribution < -0.4 is 0 Å². The van der Waals surface area contributed by atoms with E-state index in [1.165, 1.54) is 58.4 Å². The third-order valence-electron chi connectivity index (χ3n) is 11.7. The molecule has 9 aromatic carbocycles. The highest BCUT2D eigenvalue weighted by Gasteiger charge is 2.23. The molecule has 4 nitrogen and oxygen atoms in total. The third kappa shape index (κ3) is 5.97. The van der Waals surface area contributed by atoms with Crippen molar-refractivity contribution in [1.29, 1.82) is 0 Å². The standard InChI is InChI=1S/C56H34N4S/c1-4-16-35(17-5-1)51-53-50(46-26-14-15-27-48(46)57-51)49(40-32-33-45-43-24-11-10-22-41(43)42-23-12-13-25-44(42)47(45)34-40)52(61-53)36-28-30-39(31-29-36)56-59-54(37-18-6-2-7-19-37)58-55(60-56)38-20-8-3-9-21-38/h1-34H. The molecule has 3 aromatic heterocycles. The van der Waals surface area contributed by atoms with E-state index >= 15 is 0 Å². The molecule has 0 saturated heterocycles. The minimum absolute atomic E-state index is 0.631. The summed E-state index contributed by atoms with van der Waals surface area (Å²) >= 11 is 1.82. The van der Waals surface area contributed by atoms with Crippen molar-refractivity contribution in [3.05, 3.63) is 206 Å². The lowest BCUT2D eigenvalue weighted by Crippen LogP contribution is -2.00. The lowest BCUT2D eigenvalue weighted by atomic mass is 9.90. The largest absolute Gasteiger partial charge is 0.246 e. The summed E-state index contributed by atoms with van der Waals surface area (Å²) in [5.74, 6) is 1.92. The Morgan fingerprint density at radius 3 is 1.26 bits per heavy atom. The average Bonchev–Trinajstić information content (AvgIpc) is 3.76. The van der Waals surface area contributed by atoms with Crippen molar-refractivity contribution in [1.82, 2.24) is 19.9 Å². The Morgan fingerprint density at radius 2 is 0.705 bits per heavy atom. The van der Waals surface area contributed by atoms with E-state index in [0.29, 0.717) is 17.5 Å². The Kier molecular flexibility index (Phi) is 8.32. The first-order valence-electron chi connectivity index (χ1n) is 20.5. The van der Waals surface area contributed by atoms with Gasteiger partial charge >= 0.3 is 0 Å². The number of benzene rings is 9. The van der Waals surface area contributed by atoms with Crippen LogP contribution in [-0.4, -0.2) is 19.9 Å². The first-order valence-corrected chi connectivity index (χ1v) is 21.3. The number of hydrogen-bond acceptors (Lipinski definition) is 5. The normalized spacial score (nSPS) is 11.6. The summed E-state index contributed by atoms with van der Waals surface area (Å²) in [6.45, 7) is 0. The Bertz CT molecular complexity index is 3530. The SMILES string of the molecule is c1ccc(-c2nc(-c3ccccc3)nc(-c3ccc(-c4sc5c(-c6ccccc6)nc6ccccc6c5c4-c4ccc5c6ccccc6c6ccccc6c5c4)cc3)n2)cc1. The number of thiophene rings is 1. The summed E-state index contributed by atoms with van der Waals surface area (Å²) in [5, 5.41) is 9.90. The number of hydrogen-bond donors (Lipinski definition) is 0. The fourth-order valence-corrected chi connectivity index (χ4v) is 10.2. The maximum absolute atomic E-state index is 5.35. The molecule has 0 aliphatic heterocycles. The monoisotopic (exact) mass is 794 g/mol. The molecule has 5 heteroatoms. The highest BCUT2D eigenvalue weighted by molar-refractivity contribution is 7.23. The third-order valence-corrected chi connectivity index (χ3v) is 13.0. The van der Waals surface area contributed by atoms with E-state index in [2.05, 4.69) is 146 Å². The van der Waals surface area contributed by atoms with Gasteiger partial charge in [-0.1, -0.05) is 194 Å². The molecular weight excluding hydrogens is 761 g/mol. The molecule has 0 spiro atoms. The minimum atomic E-state index is 0.631. The van der Waals surface area contributed by atoms with Crippen molar-refractivity contribution < 1.29 is 0 Å². The van der Waals surface area contributed by atoms with Crippen LogP contribution in [-0.2, 0) is 0 Å². The zero-order valence-electron chi connectivity index (χ0n) is 32.8. The van der Waals surface area contributed by atoms with E-state index in [1.54, 1.807) is 0 Å². The first kappa shape index (κ1) is 35.1. The van der Waals surface area contributed by atoms with Crippen molar-refractivity contribution in [2.45, 2.75) is 0 Å². The maximum Gasteiger partial charge on any atom is 0.164 e. The molecule has 0 aliphatic carbocycles. The summed E-state index contributed by atoms with van der Waals surface area (Å²) in [6, 6.07) is 72.8. The van der Waals surface area contributed by atoms with Gasteiger partial charge in [0.15, 0.2) is 17.5 Å². The second-order valence-electron chi connectivity index (χ2n) is 15.3. The summed E-state index contributed by atoms with van der Waals surface area (Å²) in [6.07, 6.45) is 0. The second-order valence-corrected chi connectivity index (χ2v) is 16.3. The molecule has 0 amide bonds. The highest BCUT2D eigenvalue weighted by atomic mass is 32.1. The van der Waals surface area contributed by atoms with Gasteiger partial charge in [0, 0.05) is 43.5 Å². The smallest absolute Gasteiger partial charge is 0.164 e. The molecule has 0 bridgehead atoms. The molecule has 0 unspecified atom stereocenters. The fourth-order valence-electron chi connectivity index (χ4n) is 8.85. The number of pyridine rings is 1. The molecule has 284 valence electrons. The van der Waals surface area contributed by atoms with Crippen LogP contribution in [0, 0.1) is 0 Å². The van der Waals surface area contributed by atoms with Crippen LogP contribution in [0.4, 0.5) is 0 Å². The molecule has 12 rings (SSSR count). The number of nitrogens with zero attached hydrogens (tertiary/aromatic N) is 4. The summed E-state index contributed by atoms with van der Waals surface area (Å²) in [7, 11) is 0.